The average Bonchev–Trinajstić information content (AvgIpc) is 3.20. The molecule has 198 valence electrons. The Morgan fingerprint density at radius 2 is 1.53 bits per heavy atom. The normalized spacial score (nSPS) is 29.6. The maximum atomic E-state index is 14.4. The first-order valence-electron chi connectivity index (χ1n) is 13.4. The van der Waals surface area contributed by atoms with Crippen LogP contribution < -0.4 is 4.90 Å². The molecule has 0 radical (unpaired) electrons. The lowest BCUT2D eigenvalue weighted by Crippen LogP contribution is -2.57. The summed E-state index contributed by atoms with van der Waals surface area (Å²) in [6.45, 7) is 0.139. The minimum Gasteiger partial charge on any atom is -0.465 e. The Bertz CT molecular complexity index is 1250. The van der Waals surface area contributed by atoms with Crippen LogP contribution in [-0.2, 0) is 25.7 Å². The first kappa shape index (κ1) is 24.8. The maximum Gasteiger partial charge on any atom is 0.337 e. The SMILES string of the molecule is COC(=O)c1ccc(N2C(=O)CC(N(Cc3ccc(F)cc3)C(=O)C34CC5CC(CC(C5)C3)C4)C2=O)cc1. The molecule has 8 heteroatoms. The van der Waals surface area contributed by atoms with Crippen LogP contribution in [0.3, 0.4) is 0 Å². The van der Waals surface area contributed by atoms with Crippen molar-refractivity contribution in [1.82, 2.24) is 4.90 Å². The number of methoxy groups -OCH3 is 1. The lowest BCUT2D eigenvalue weighted by Gasteiger charge is -2.57. The molecule has 1 atom stereocenters. The van der Waals surface area contributed by atoms with E-state index < -0.39 is 29.2 Å². The number of ether oxygens (including phenoxy) is 1. The molecule has 0 spiro atoms. The molecule has 0 aromatic heterocycles. The zero-order valence-corrected chi connectivity index (χ0v) is 21.4. The maximum absolute atomic E-state index is 14.4. The van der Waals surface area contributed by atoms with Crippen LogP contribution in [0, 0.1) is 29.0 Å². The van der Waals surface area contributed by atoms with Crippen molar-refractivity contribution >= 4 is 29.4 Å². The summed E-state index contributed by atoms with van der Waals surface area (Å²) < 4.78 is 18.4. The second-order valence-corrected chi connectivity index (χ2v) is 11.6. The molecule has 2 aromatic carbocycles. The fraction of sp³-hybridized carbons (Fsp3) is 0.467. The minimum atomic E-state index is -0.937. The number of halogens is 1. The topological polar surface area (TPSA) is 84.0 Å². The van der Waals surface area contributed by atoms with Crippen molar-refractivity contribution in [2.24, 2.45) is 23.2 Å². The number of rotatable bonds is 6. The van der Waals surface area contributed by atoms with Crippen molar-refractivity contribution in [3.05, 3.63) is 65.5 Å². The van der Waals surface area contributed by atoms with Gasteiger partial charge in [-0.3, -0.25) is 14.4 Å². The van der Waals surface area contributed by atoms with E-state index in [1.807, 2.05) is 0 Å². The molecule has 4 aliphatic carbocycles. The highest BCUT2D eigenvalue weighted by atomic mass is 19.1. The zero-order valence-electron chi connectivity index (χ0n) is 21.4. The number of amides is 3. The van der Waals surface area contributed by atoms with Crippen molar-refractivity contribution in [2.45, 2.75) is 57.5 Å². The highest BCUT2D eigenvalue weighted by molar-refractivity contribution is 6.23. The van der Waals surface area contributed by atoms with Gasteiger partial charge in [0.15, 0.2) is 0 Å². The summed E-state index contributed by atoms with van der Waals surface area (Å²) in [7, 11) is 1.28. The van der Waals surface area contributed by atoms with Gasteiger partial charge in [0.05, 0.1) is 30.2 Å². The number of anilines is 1. The van der Waals surface area contributed by atoms with E-state index in [2.05, 4.69) is 0 Å². The Morgan fingerprint density at radius 1 is 0.947 bits per heavy atom. The van der Waals surface area contributed by atoms with Crippen LogP contribution >= 0.6 is 0 Å². The van der Waals surface area contributed by atoms with Gasteiger partial charge in [-0.1, -0.05) is 12.1 Å². The van der Waals surface area contributed by atoms with E-state index in [0.717, 1.165) is 24.2 Å². The van der Waals surface area contributed by atoms with Gasteiger partial charge in [-0.05, 0) is 98.2 Å². The highest BCUT2D eigenvalue weighted by Crippen LogP contribution is 2.60. The summed E-state index contributed by atoms with van der Waals surface area (Å²) in [5.41, 5.74) is 0.875. The number of carbonyl (C=O) groups is 4. The Balaban J connectivity index is 1.31. The molecule has 1 unspecified atom stereocenters. The Hall–Kier alpha value is -3.55. The molecule has 5 fully saturated rings. The molecule has 5 aliphatic rings. The second-order valence-electron chi connectivity index (χ2n) is 11.6. The van der Waals surface area contributed by atoms with E-state index >= 15 is 0 Å². The fourth-order valence-corrected chi connectivity index (χ4v) is 7.78. The van der Waals surface area contributed by atoms with Gasteiger partial charge in [0.1, 0.15) is 11.9 Å². The number of benzene rings is 2. The van der Waals surface area contributed by atoms with Crippen LogP contribution in [0.2, 0.25) is 0 Å². The lowest BCUT2D eigenvalue weighted by atomic mass is 9.49. The van der Waals surface area contributed by atoms with Crippen molar-refractivity contribution < 1.29 is 28.3 Å². The third-order valence-corrected chi connectivity index (χ3v) is 9.06. The van der Waals surface area contributed by atoms with Gasteiger partial charge in [0, 0.05) is 6.54 Å². The lowest BCUT2D eigenvalue weighted by molar-refractivity contribution is -0.162. The van der Waals surface area contributed by atoms with Gasteiger partial charge >= 0.3 is 5.97 Å². The Labute approximate surface area is 220 Å². The third-order valence-electron chi connectivity index (χ3n) is 9.06. The first-order chi connectivity index (χ1) is 18.3. The number of carbonyl (C=O) groups excluding carboxylic acids is 4. The summed E-state index contributed by atoms with van der Waals surface area (Å²) in [5, 5.41) is 0. The standard InChI is InChI=1S/C30H31FN2O5/c1-38-28(36)22-4-8-24(9-5-22)33-26(34)13-25(27(33)35)32(17-18-2-6-23(31)7-3-18)29(37)30-14-19-10-20(15-30)12-21(11-19)16-30/h2-9,19-21,25H,10-17H2,1H3. The van der Waals surface area contributed by atoms with Gasteiger partial charge < -0.3 is 9.64 Å². The fourth-order valence-electron chi connectivity index (χ4n) is 7.78. The van der Waals surface area contributed by atoms with E-state index in [-0.39, 0.29) is 24.7 Å². The largest absolute Gasteiger partial charge is 0.465 e. The van der Waals surface area contributed by atoms with Crippen molar-refractivity contribution in [3.8, 4) is 0 Å². The first-order valence-corrected chi connectivity index (χ1v) is 13.4. The van der Waals surface area contributed by atoms with Crippen LogP contribution in [-0.4, -0.2) is 41.7 Å². The second kappa shape index (κ2) is 9.33. The van der Waals surface area contributed by atoms with Crippen LogP contribution in [0.5, 0.6) is 0 Å². The molecular weight excluding hydrogens is 487 g/mol. The Kier molecular flexibility index (Phi) is 6.08. The van der Waals surface area contributed by atoms with E-state index in [0.29, 0.717) is 34.6 Å². The molecule has 4 saturated carbocycles. The monoisotopic (exact) mass is 518 g/mol. The summed E-state index contributed by atoms with van der Waals surface area (Å²) in [4.78, 5) is 55.9. The number of hydrogen-bond donors (Lipinski definition) is 0. The van der Waals surface area contributed by atoms with Gasteiger partial charge in [-0.2, -0.15) is 0 Å². The minimum absolute atomic E-state index is 0.0463. The summed E-state index contributed by atoms with van der Waals surface area (Å²) in [6.07, 6.45) is 5.95. The molecule has 2 aromatic rings. The predicted molar refractivity (Wildman–Crippen MR) is 136 cm³/mol. The van der Waals surface area contributed by atoms with E-state index in [1.165, 1.54) is 62.8 Å². The summed E-state index contributed by atoms with van der Waals surface area (Å²) in [6, 6.07) is 11.1. The Morgan fingerprint density at radius 3 is 2.08 bits per heavy atom. The van der Waals surface area contributed by atoms with E-state index in [4.69, 9.17) is 4.74 Å². The molecule has 38 heavy (non-hydrogen) atoms. The van der Waals surface area contributed by atoms with Crippen molar-refractivity contribution in [3.63, 3.8) is 0 Å². The smallest absolute Gasteiger partial charge is 0.337 e. The van der Waals surface area contributed by atoms with Gasteiger partial charge in [0.2, 0.25) is 11.8 Å². The van der Waals surface area contributed by atoms with E-state index in [9.17, 15) is 23.6 Å². The molecule has 1 aliphatic heterocycles. The van der Waals surface area contributed by atoms with Crippen LogP contribution in [0.4, 0.5) is 10.1 Å². The van der Waals surface area contributed by atoms with Crippen molar-refractivity contribution in [1.29, 1.82) is 0 Å². The van der Waals surface area contributed by atoms with Gasteiger partial charge in [-0.15, -0.1) is 0 Å². The van der Waals surface area contributed by atoms with E-state index in [1.54, 1.807) is 17.0 Å². The van der Waals surface area contributed by atoms with Crippen LogP contribution in [0.1, 0.15) is 60.9 Å². The number of nitrogens with zero attached hydrogens (tertiary/aromatic N) is 2. The number of imide groups is 1. The summed E-state index contributed by atoms with van der Waals surface area (Å²) in [5.74, 6) is -0.151. The van der Waals surface area contributed by atoms with Gasteiger partial charge in [0.25, 0.3) is 5.91 Å². The number of esters is 1. The molecule has 1 heterocycles. The molecule has 4 bridgehead atoms. The average molecular weight is 519 g/mol. The molecule has 3 amide bonds. The molecule has 0 N–H and O–H groups in total. The molecule has 7 nitrogen and oxygen atoms in total. The molecule has 7 rings (SSSR count). The highest BCUT2D eigenvalue weighted by Gasteiger charge is 2.57. The molecular formula is C30H31FN2O5. The quantitative estimate of drug-likeness (QED) is 0.416. The zero-order chi connectivity index (χ0) is 26.6. The van der Waals surface area contributed by atoms with Crippen molar-refractivity contribution in [2.75, 3.05) is 12.0 Å². The van der Waals surface area contributed by atoms with Crippen LogP contribution in [0.25, 0.3) is 0 Å². The van der Waals surface area contributed by atoms with Gasteiger partial charge in [-0.25, -0.2) is 14.1 Å². The summed E-state index contributed by atoms with van der Waals surface area (Å²) >= 11 is 0. The van der Waals surface area contributed by atoms with Crippen LogP contribution in [0.15, 0.2) is 48.5 Å². The number of hydrogen-bond acceptors (Lipinski definition) is 5. The molecule has 1 saturated heterocycles. The third kappa shape index (κ3) is 4.20. The predicted octanol–water partition coefficient (Wildman–Crippen LogP) is 4.49.